The lowest BCUT2D eigenvalue weighted by Gasteiger charge is -1.90. The molecule has 1 amide bonds. The lowest BCUT2D eigenvalue weighted by molar-refractivity contribution is 0.248. The molecular formula is C11H7N4OS. The third kappa shape index (κ3) is 1.68. The second-order valence-electron chi connectivity index (χ2n) is 3.39. The maximum Gasteiger partial charge on any atom is 0.339 e. The van der Waals surface area contributed by atoms with Gasteiger partial charge in [-0.25, -0.2) is 9.78 Å². The number of carbonyl (C=O) groups is 1. The van der Waals surface area contributed by atoms with Crippen molar-refractivity contribution in [1.82, 2.24) is 14.8 Å². The minimum absolute atomic E-state index is 0.532. The maximum absolute atomic E-state index is 10.9. The number of rotatable bonds is 1. The summed E-state index contributed by atoms with van der Waals surface area (Å²) in [6.45, 7) is 0. The van der Waals surface area contributed by atoms with Crippen molar-refractivity contribution in [1.29, 1.82) is 0 Å². The van der Waals surface area contributed by atoms with E-state index in [1.807, 2.05) is 24.3 Å². The summed E-state index contributed by atoms with van der Waals surface area (Å²) in [4.78, 5) is 15.3. The zero-order valence-electron chi connectivity index (χ0n) is 8.62. The molecule has 5 nitrogen and oxygen atoms in total. The van der Waals surface area contributed by atoms with Gasteiger partial charge in [0, 0.05) is 12.3 Å². The van der Waals surface area contributed by atoms with Gasteiger partial charge in [0.15, 0.2) is 0 Å². The van der Waals surface area contributed by atoms with Crippen molar-refractivity contribution >= 4 is 27.6 Å². The topological polar surface area (TPSA) is 73.8 Å². The number of para-hydroxylation sites is 1. The molecule has 2 N–H and O–H groups in total. The van der Waals surface area contributed by atoms with E-state index in [2.05, 4.69) is 16.1 Å². The van der Waals surface area contributed by atoms with Gasteiger partial charge in [0.05, 0.1) is 10.2 Å². The Morgan fingerprint density at radius 3 is 2.94 bits per heavy atom. The second kappa shape index (κ2) is 3.67. The van der Waals surface area contributed by atoms with Crippen LogP contribution in [0.4, 0.5) is 4.79 Å². The van der Waals surface area contributed by atoms with E-state index in [1.54, 1.807) is 0 Å². The van der Waals surface area contributed by atoms with Crippen LogP contribution in [0, 0.1) is 6.07 Å². The molecular weight excluding hydrogens is 236 g/mol. The molecule has 0 aliphatic rings. The van der Waals surface area contributed by atoms with Crippen molar-refractivity contribution in [3.63, 3.8) is 0 Å². The molecule has 83 valence electrons. The average molecular weight is 243 g/mol. The van der Waals surface area contributed by atoms with Gasteiger partial charge in [0.2, 0.25) is 0 Å². The van der Waals surface area contributed by atoms with Crippen LogP contribution in [0.25, 0.3) is 20.9 Å². The zero-order chi connectivity index (χ0) is 11.8. The van der Waals surface area contributed by atoms with Crippen molar-refractivity contribution in [3.8, 4) is 10.7 Å². The number of amides is 1. The summed E-state index contributed by atoms with van der Waals surface area (Å²) >= 11 is 1.51. The van der Waals surface area contributed by atoms with E-state index in [4.69, 9.17) is 5.73 Å². The van der Waals surface area contributed by atoms with Crippen LogP contribution in [0.3, 0.4) is 0 Å². The molecule has 0 saturated heterocycles. The summed E-state index contributed by atoms with van der Waals surface area (Å²) in [6, 6.07) is 10.0. The highest BCUT2D eigenvalue weighted by atomic mass is 32.1. The smallest absolute Gasteiger partial charge is 0.339 e. The standard InChI is InChI=1S/C11H7N4OS/c12-11(16)15-6-5-8(14-15)10-13-7-3-1-2-4-9(7)17-10/h1-4,6H,(H2,12,16). The number of hydrogen-bond acceptors (Lipinski definition) is 4. The molecule has 0 aliphatic carbocycles. The first-order valence-electron chi connectivity index (χ1n) is 4.87. The fraction of sp³-hybridized carbons (Fsp3) is 0. The SMILES string of the molecule is NC(=O)n1c[c]c(-c2nc3ccccc3s2)n1. The second-order valence-corrected chi connectivity index (χ2v) is 4.42. The van der Waals surface area contributed by atoms with Crippen molar-refractivity contribution in [3.05, 3.63) is 36.5 Å². The molecule has 1 radical (unpaired) electrons. The molecule has 0 atom stereocenters. The van der Waals surface area contributed by atoms with E-state index in [0.717, 1.165) is 19.9 Å². The summed E-state index contributed by atoms with van der Waals surface area (Å²) in [5.41, 5.74) is 6.55. The van der Waals surface area contributed by atoms with E-state index in [0.29, 0.717) is 5.69 Å². The molecule has 0 bridgehead atoms. The summed E-state index contributed by atoms with van der Waals surface area (Å²) in [7, 11) is 0. The van der Waals surface area contributed by atoms with E-state index in [-0.39, 0.29) is 0 Å². The highest BCUT2D eigenvalue weighted by molar-refractivity contribution is 7.21. The number of fused-ring (bicyclic) bond motifs is 1. The fourth-order valence-electron chi connectivity index (χ4n) is 1.48. The van der Waals surface area contributed by atoms with Crippen LogP contribution in [-0.2, 0) is 0 Å². The summed E-state index contributed by atoms with van der Waals surface area (Å²) in [6.07, 6.45) is 1.41. The molecule has 0 unspecified atom stereocenters. The molecule has 3 rings (SSSR count). The van der Waals surface area contributed by atoms with Crippen LogP contribution in [-0.4, -0.2) is 20.8 Å². The predicted octanol–water partition coefficient (Wildman–Crippen LogP) is 1.89. The normalized spacial score (nSPS) is 10.8. The number of benzene rings is 1. The van der Waals surface area contributed by atoms with Crippen LogP contribution in [0.1, 0.15) is 0 Å². The summed E-state index contributed by atoms with van der Waals surface area (Å²) in [5, 5.41) is 4.74. The number of thiazole rings is 1. The molecule has 6 heteroatoms. The lowest BCUT2D eigenvalue weighted by atomic mass is 10.3. The van der Waals surface area contributed by atoms with E-state index >= 15 is 0 Å². The van der Waals surface area contributed by atoms with Gasteiger partial charge in [0.1, 0.15) is 10.7 Å². The largest absolute Gasteiger partial charge is 0.350 e. The van der Waals surface area contributed by atoms with Crippen LogP contribution in [0.2, 0.25) is 0 Å². The molecule has 1 aromatic carbocycles. The van der Waals surface area contributed by atoms with E-state index in [1.165, 1.54) is 17.5 Å². The van der Waals surface area contributed by atoms with Gasteiger partial charge in [0.25, 0.3) is 0 Å². The summed E-state index contributed by atoms with van der Waals surface area (Å²) < 4.78 is 2.12. The maximum atomic E-state index is 10.9. The molecule has 0 saturated carbocycles. The van der Waals surface area contributed by atoms with Gasteiger partial charge >= 0.3 is 6.03 Å². The van der Waals surface area contributed by atoms with Gasteiger partial charge in [-0.3, -0.25) is 0 Å². The third-order valence-electron chi connectivity index (χ3n) is 2.25. The Kier molecular flexibility index (Phi) is 2.15. The van der Waals surface area contributed by atoms with E-state index in [9.17, 15) is 4.79 Å². The summed E-state index contributed by atoms with van der Waals surface area (Å²) in [5.74, 6) is 0. The quantitative estimate of drug-likeness (QED) is 0.709. The first-order chi connectivity index (χ1) is 8.24. The number of primary amides is 1. The average Bonchev–Trinajstić information content (AvgIpc) is 2.95. The Morgan fingerprint density at radius 2 is 2.24 bits per heavy atom. The number of carbonyl (C=O) groups excluding carboxylic acids is 1. The number of nitrogens with zero attached hydrogens (tertiary/aromatic N) is 3. The van der Waals surface area contributed by atoms with Crippen molar-refractivity contribution in [2.45, 2.75) is 0 Å². The van der Waals surface area contributed by atoms with Crippen molar-refractivity contribution < 1.29 is 4.79 Å². The minimum atomic E-state index is -0.631. The van der Waals surface area contributed by atoms with Crippen molar-refractivity contribution in [2.75, 3.05) is 0 Å². The fourth-order valence-corrected chi connectivity index (χ4v) is 2.39. The predicted molar refractivity (Wildman–Crippen MR) is 64.7 cm³/mol. The number of aromatic nitrogens is 3. The van der Waals surface area contributed by atoms with Gasteiger partial charge in [-0.2, -0.15) is 9.78 Å². The van der Waals surface area contributed by atoms with Gasteiger partial charge in [-0.15, -0.1) is 11.3 Å². The molecule has 0 fully saturated rings. The molecule has 3 aromatic rings. The molecule has 17 heavy (non-hydrogen) atoms. The monoisotopic (exact) mass is 243 g/mol. The Balaban J connectivity index is 2.10. The lowest BCUT2D eigenvalue weighted by Crippen LogP contribution is -2.19. The number of hydrogen-bond donors (Lipinski definition) is 1. The first-order valence-corrected chi connectivity index (χ1v) is 5.69. The number of nitrogens with two attached hydrogens (primary N) is 1. The molecule has 2 aromatic heterocycles. The van der Waals surface area contributed by atoms with E-state index < -0.39 is 6.03 Å². The van der Waals surface area contributed by atoms with Gasteiger partial charge < -0.3 is 5.73 Å². The molecule has 0 aliphatic heterocycles. The third-order valence-corrected chi connectivity index (χ3v) is 3.30. The zero-order valence-corrected chi connectivity index (χ0v) is 9.44. The highest BCUT2D eigenvalue weighted by Gasteiger charge is 2.10. The first kappa shape index (κ1) is 9.98. The Hall–Kier alpha value is -2.21. The van der Waals surface area contributed by atoms with Gasteiger partial charge in [-0.1, -0.05) is 12.1 Å². The van der Waals surface area contributed by atoms with Gasteiger partial charge in [-0.05, 0) is 12.1 Å². The Labute approximate surface area is 101 Å². The highest BCUT2D eigenvalue weighted by Crippen LogP contribution is 2.28. The van der Waals surface area contributed by atoms with Crippen LogP contribution < -0.4 is 5.73 Å². The Morgan fingerprint density at radius 1 is 1.41 bits per heavy atom. The van der Waals surface area contributed by atoms with Crippen LogP contribution in [0.15, 0.2) is 30.5 Å². The van der Waals surface area contributed by atoms with Crippen LogP contribution >= 0.6 is 11.3 Å². The van der Waals surface area contributed by atoms with Crippen LogP contribution in [0.5, 0.6) is 0 Å². The molecule has 0 spiro atoms. The molecule has 2 heterocycles. The Bertz CT molecular complexity index is 667. The van der Waals surface area contributed by atoms with Crippen molar-refractivity contribution in [2.24, 2.45) is 5.73 Å². The minimum Gasteiger partial charge on any atom is -0.350 e.